The zero-order valence-corrected chi connectivity index (χ0v) is 12.4. The first-order chi connectivity index (χ1) is 10.2. The summed E-state index contributed by atoms with van der Waals surface area (Å²) in [6, 6.07) is 0. The van der Waals surface area contributed by atoms with Gasteiger partial charge in [-0.15, -0.1) is 0 Å². The minimum absolute atomic E-state index is 0.199. The van der Waals surface area contributed by atoms with E-state index in [1.807, 2.05) is 0 Å². The molecule has 0 amide bonds. The summed E-state index contributed by atoms with van der Waals surface area (Å²) >= 11 is 0. The Morgan fingerprint density at radius 1 is 1.24 bits per heavy atom. The maximum absolute atomic E-state index is 11.8. The van der Waals surface area contributed by atoms with Crippen molar-refractivity contribution >= 4 is 6.08 Å². The highest BCUT2D eigenvalue weighted by molar-refractivity contribution is 5.37. The Hall–Kier alpha value is -1.85. The minimum Gasteiger partial charge on any atom is -0.404 e. The molecule has 1 aliphatic rings. The van der Waals surface area contributed by atoms with Crippen LogP contribution in [0, 0.1) is 5.92 Å². The lowest BCUT2D eigenvalue weighted by Crippen LogP contribution is -2.37. The highest BCUT2D eigenvalue weighted by atomic mass is 16.2. The van der Waals surface area contributed by atoms with Crippen LogP contribution in [0.5, 0.6) is 0 Å². The number of unbranched alkanes of at least 4 members (excludes halogenated alkanes) is 2. The van der Waals surface area contributed by atoms with E-state index in [-0.39, 0.29) is 5.82 Å². The topological polar surface area (TPSA) is 93.8 Å². The number of nitrogens with one attached hydrogen (secondary N) is 1. The van der Waals surface area contributed by atoms with Crippen molar-refractivity contribution in [1.82, 2.24) is 14.5 Å². The molecule has 0 aliphatic heterocycles. The first kappa shape index (κ1) is 15.5. The van der Waals surface area contributed by atoms with Gasteiger partial charge in [-0.1, -0.05) is 44.9 Å². The van der Waals surface area contributed by atoms with Crippen LogP contribution in [0.4, 0.5) is 0 Å². The van der Waals surface area contributed by atoms with Crippen molar-refractivity contribution in [3.05, 3.63) is 33.0 Å². The zero-order valence-electron chi connectivity index (χ0n) is 12.4. The molecule has 1 fully saturated rings. The van der Waals surface area contributed by atoms with E-state index in [9.17, 15) is 9.59 Å². The largest absolute Gasteiger partial charge is 0.404 e. The van der Waals surface area contributed by atoms with Gasteiger partial charge in [-0.25, -0.2) is 14.2 Å². The van der Waals surface area contributed by atoms with Crippen molar-refractivity contribution in [2.75, 3.05) is 0 Å². The summed E-state index contributed by atoms with van der Waals surface area (Å²) in [5, 5.41) is 0. The quantitative estimate of drug-likeness (QED) is 0.747. The SMILES string of the molecule is NC=Cc1nc(=O)n(CCCCCC2CCCC2)c(=O)[nH]1. The van der Waals surface area contributed by atoms with Crippen LogP contribution < -0.4 is 17.1 Å². The standard InChI is InChI=1S/C15H24N4O2/c16-10-9-13-17-14(20)19(15(21)18-13)11-5-1-2-6-12-7-3-4-8-12/h9-10,12H,1-8,11,16H2,(H,17,18,20,21). The van der Waals surface area contributed by atoms with Crippen LogP contribution in [0.1, 0.15) is 57.2 Å². The van der Waals surface area contributed by atoms with Crippen molar-refractivity contribution < 1.29 is 0 Å². The van der Waals surface area contributed by atoms with Gasteiger partial charge in [-0.2, -0.15) is 4.98 Å². The van der Waals surface area contributed by atoms with Crippen LogP contribution in [-0.2, 0) is 6.54 Å². The van der Waals surface area contributed by atoms with E-state index in [1.54, 1.807) is 0 Å². The summed E-state index contributed by atoms with van der Waals surface area (Å²) < 4.78 is 1.16. The molecule has 0 unspecified atom stereocenters. The van der Waals surface area contributed by atoms with Gasteiger partial charge < -0.3 is 5.73 Å². The maximum atomic E-state index is 11.8. The molecule has 116 valence electrons. The highest BCUT2D eigenvalue weighted by Crippen LogP contribution is 2.29. The molecule has 2 rings (SSSR count). The molecule has 0 saturated heterocycles. The van der Waals surface area contributed by atoms with E-state index < -0.39 is 11.4 Å². The molecule has 6 heteroatoms. The number of H-pyrrole nitrogens is 1. The van der Waals surface area contributed by atoms with Crippen molar-refractivity contribution in [3.63, 3.8) is 0 Å². The monoisotopic (exact) mass is 292 g/mol. The number of nitrogens with zero attached hydrogens (tertiary/aromatic N) is 2. The Morgan fingerprint density at radius 3 is 2.67 bits per heavy atom. The summed E-state index contributed by atoms with van der Waals surface area (Å²) in [5.41, 5.74) is 4.28. The van der Waals surface area contributed by atoms with Gasteiger partial charge in [0.05, 0.1) is 0 Å². The number of aromatic amines is 1. The Bertz CT molecular complexity index is 551. The number of rotatable bonds is 7. The first-order valence-electron chi connectivity index (χ1n) is 7.80. The first-order valence-corrected chi connectivity index (χ1v) is 7.80. The van der Waals surface area contributed by atoms with Gasteiger partial charge in [-0.3, -0.25) is 4.98 Å². The van der Waals surface area contributed by atoms with Crippen LogP contribution in [0.3, 0.4) is 0 Å². The van der Waals surface area contributed by atoms with Gasteiger partial charge in [-0.05, 0) is 24.6 Å². The predicted molar refractivity (Wildman–Crippen MR) is 82.8 cm³/mol. The molecule has 21 heavy (non-hydrogen) atoms. The average molecular weight is 292 g/mol. The van der Waals surface area contributed by atoms with Crippen LogP contribution in [0.15, 0.2) is 15.8 Å². The lowest BCUT2D eigenvalue weighted by molar-refractivity contribution is 0.453. The molecule has 1 aliphatic carbocycles. The fourth-order valence-corrected chi connectivity index (χ4v) is 3.00. The third-order valence-corrected chi connectivity index (χ3v) is 4.15. The predicted octanol–water partition coefficient (Wildman–Crippen LogP) is 1.61. The Kier molecular flexibility index (Phi) is 5.78. The van der Waals surface area contributed by atoms with Crippen molar-refractivity contribution in [2.45, 2.75) is 57.9 Å². The lowest BCUT2D eigenvalue weighted by Gasteiger charge is -2.08. The second-order valence-electron chi connectivity index (χ2n) is 5.72. The van der Waals surface area contributed by atoms with Crippen LogP contribution >= 0.6 is 0 Å². The minimum atomic E-state index is -0.511. The molecule has 0 bridgehead atoms. The van der Waals surface area contributed by atoms with Gasteiger partial charge in [0.25, 0.3) is 0 Å². The molecule has 3 N–H and O–H groups in total. The Labute approximate surface area is 124 Å². The highest BCUT2D eigenvalue weighted by Gasteiger charge is 2.14. The molecule has 1 heterocycles. The van der Waals surface area contributed by atoms with E-state index in [1.165, 1.54) is 50.8 Å². The molecule has 0 atom stereocenters. The summed E-state index contributed by atoms with van der Waals surface area (Å²) in [7, 11) is 0. The number of hydrogen-bond acceptors (Lipinski definition) is 4. The Balaban J connectivity index is 1.80. The summed E-state index contributed by atoms with van der Waals surface area (Å²) in [6.45, 7) is 0.429. The maximum Gasteiger partial charge on any atom is 0.353 e. The smallest absolute Gasteiger partial charge is 0.353 e. The molecular weight excluding hydrogens is 268 g/mol. The van der Waals surface area contributed by atoms with Gasteiger partial charge in [0, 0.05) is 6.54 Å². The van der Waals surface area contributed by atoms with Crippen molar-refractivity contribution in [1.29, 1.82) is 0 Å². The summed E-state index contributed by atoms with van der Waals surface area (Å²) in [6.07, 6.45) is 12.5. The number of aromatic nitrogens is 3. The van der Waals surface area contributed by atoms with Crippen LogP contribution in [0.2, 0.25) is 0 Å². The fraction of sp³-hybridized carbons (Fsp3) is 0.667. The van der Waals surface area contributed by atoms with Gasteiger partial charge in [0.1, 0.15) is 5.82 Å². The van der Waals surface area contributed by atoms with Crippen molar-refractivity contribution in [3.8, 4) is 0 Å². The molecule has 1 aromatic heterocycles. The van der Waals surface area contributed by atoms with E-state index in [4.69, 9.17) is 5.73 Å². The average Bonchev–Trinajstić information content (AvgIpc) is 2.94. The molecule has 1 aromatic rings. The van der Waals surface area contributed by atoms with E-state index in [0.29, 0.717) is 6.54 Å². The Morgan fingerprint density at radius 2 is 2.00 bits per heavy atom. The van der Waals surface area contributed by atoms with Gasteiger partial charge >= 0.3 is 11.4 Å². The normalized spacial score (nSPS) is 16.0. The molecule has 0 spiro atoms. The van der Waals surface area contributed by atoms with E-state index in [2.05, 4.69) is 9.97 Å². The van der Waals surface area contributed by atoms with Crippen molar-refractivity contribution in [2.24, 2.45) is 11.7 Å². The summed E-state index contributed by atoms with van der Waals surface area (Å²) in [5.74, 6) is 1.10. The third kappa shape index (κ3) is 4.58. The fourth-order valence-electron chi connectivity index (χ4n) is 3.00. The zero-order chi connectivity index (χ0) is 15.1. The second kappa shape index (κ2) is 7.81. The number of nitrogens with two attached hydrogens (primary N) is 1. The number of hydrogen-bond donors (Lipinski definition) is 2. The van der Waals surface area contributed by atoms with E-state index >= 15 is 0 Å². The third-order valence-electron chi connectivity index (χ3n) is 4.15. The molecule has 6 nitrogen and oxygen atoms in total. The van der Waals surface area contributed by atoms with Gasteiger partial charge in [0.2, 0.25) is 0 Å². The van der Waals surface area contributed by atoms with E-state index in [0.717, 1.165) is 23.3 Å². The molecular formula is C15H24N4O2. The molecule has 1 saturated carbocycles. The summed E-state index contributed by atoms with van der Waals surface area (Å²) in [4.78, 5) is 29.9. The lowest BCUT2D eigenvalue weighted by atomic mass is 10.00. The molecule has 0 radical (unpaired) electrons. The van der Waals surface area contributed by atoms with Crippen LogP contribution in [-0.4, -0.2) is 14.5 Å². The molecule has 0 aromatic carbocycles. The van der Waals surface area contributed by atoms with Gasteiger partial charge in [0.15, 0.2) is 0 Å². The van der Waals surface area contributed by atoms with Crippen LogP contribution in [0.25, 0.3) is 6.08 Å². The second-order valence-corrected chi connectivity index (χ2v) is 5.72.